The second-order valence-corrected chi connectivity index (χ2v) is 5.58. The monoisotopic (exact) mass is 260 g/mol. The minimum atomic E-state index is -0.777. The molecule has 3 atom stereocenters. The van der Waals surface area contributed by atoms with Crippen LogP contribution >= 0.6 is 0 Å². The highest BCUT2D eigenvalue weighted by Gasteiger charge is 2.32. The maximum atomic E-state index is 10.2. The number of hydrogen-bond acceptors (Lipinski definition) is 5. The van der Waals surface area contributed by atoms with Crippen molar-refractivity contribution in [3.05, 3.63) is 0 Å². The van der Waals surface area contributed by atoms with Crippen molar-refractivity contribution in [3.63, 3.8) is 0 Å². The number of aliphatic hydroxyl groups excluding tert-OH is 2. The molecule has 1 rings (SSSR count). The van der Waals surface area contributed by atoms with E-state index in [4.69, 9.17) is 10.6 Å². The van der Waals surface area contributed by atoms with E-state index in [9.17, 15) is 10.2 Å². The van der Waals surface area contributed by atoms with Gasteiger partial charge in [0.1, 0.15) is 0 Å². The number of aliphatic hydroxyl groups is 2. The van der Waals surface area contributed by atoms with Crippen molar-refractivity contribution < 1.29 is 15.1 Å². The molecular weight excluding hydrogens is 232 g/mol. The third kappa shape index (κ3) is 4.48. The first-order valence-corrected chi connectivity index (χ1v) is 6.82. The zero-order valence-corrected chi connectivity index (χ0v) is 11.7. The van der Waals surface area contributed by atoms with Crippen molar-refractivity contribution in [3.8, 4) is 0 Å². The van der Waals surface area contributed by atoms with Crippen molar-refractivity contribution in [1.82, 2.24) is 5.06 Å². The van der Waals surface area contributed by atoms with Crippen LogP contribution < -0.4 is 5.73 Å². The fraction of sp³-hybridized carbons (Fsp3) is 1.00. The Labute approximate surface area is 110 Å². The van der Waals surface area contributed by atoms with Crippen LogP contribution in [0.25, 0.3) is 0 Å². The van der Waals surface area contributed by atoms with Crippen molar-refractivity contribution in [2.24, 2.45) is 17.6 Å². The maximum absolute atomic E-state index is 10.2. The molecule has 0 aromatic rings. The van der Waals surface area contributed by atoms with Gasteiger partial charge in [0.05, 0.1) is 25.9 Å². The molecule has 0 aromatic heterocycles. The number of nitrogens with two attached hydrogens (primary N) is 1. The molecule has 1 fully saturated rings. The second-order valence-electron chi connectivity index (χ2n) is 5.58. The first kappa shape index (κ1) is 15.9. The van der Waals surface area contributed by atoms with Crippen LogP contribution in [0.5, 0.6) is 0 Å². The number of nitrogens with zero attached hydrogens (tertiary/aromatic N) is 1. The third-order valence-corrected chi connectivity index (χ3v) is 4.25. The molecule has 0 aliphatic heterocycles. The minimum absolute atomic E-state index is 0.0951. The quantitative estimate of drug-likeness (QED) is 0.601. The highest BCUT2D eigenvalue weighted by Crippen LogP contribution is 2.32. The maximum Gasteiger partial charge on any atom is 0.0951 e. The molecule has 18 heavy (non-hydrogen) atoms. The van der Waals surface area contributed by atoms with Crippen LogP contribution in [0.15, 0.2) is 0 Å². The molecular formula is C13H28N2O3. The molecule has 0 amide bonds. The Morgan fingerprint density at radius 2 is 1.83 bits per heavy atom. The van der Waals surface area contributed by atoms with Gasteiger partial charge in [-0.1, -0.05) is 6.92 Å². The SMILES string of the molecule is CON(C)C[C@H](O)[C@H](O)[C@@H](C)C1CCC(N)CC1. The topological polar surface area (TPSA) is 79.0 Å². The normalized spacial score (nSPS) is 30.2. The van der Waals surface area contributed by atoms with Gasteiger partial charge in [0, 0.05) is 13.1 Å². The molecule has 0 aromatic carbocycles. The Morgan fingerprint density at radius 3 is 2.33 bits per heavy atom. The molecule has 1 saturated carbocycles. The van der Waals surface area contributed by atoms with Crippen LogP contribution in [-0.4, -0.2) is 54.2 Å². The van der Waals surface area contributed by atoms with Crippen molar-refractivity contribution in [1.29, 1.82) is 0 Å². The van der Waals surface area contributed by atoms with E-state index in [0.29, 0.717) is 18.5 Å². The summed E-state index contributed by atoms with van der Waals surface area (Å²) < 4.78 is 0. The highest BCUT2D eigenvalue weighted by atomic mass is 16.7. The van der Waals surface area contributed by atoms with Gasteiger partial charge in [-0.3, -0.25) is 0 Å². The van der Waals surface area contributed by atoms with E-state index in [2.05, 4.69) is 0 Å². The number of hydroxylamine groups is 2. The Kier molecular flexibility index (Phi) is 6.52. The lowest BCUT2D eigenvalue weighted by molar-refractivity contribution is -0.147. The average molecular weight is 260 g/mol. The second kappa shape index (κ2) is 7.40. The van der Waals surface area contributed by atoms with E-state index in [1.54, 1.807) is 14.2 Å². The zero-order chi connectivity index (χ0) is 13.7. The molecule has 0 spiro atoms. The molecule has 108 valence electrons. The summed E-state index contributed by atoms with van der Waals surface area (Å²) in [5.41, 5.74) is 5.88. The van der Waals surface area contributed by atoms with Crippen LogP contribution in [0.3, 0.4) is 0 Å². The molecule has 0 saturated heterocycles. The first-order valence-electron chi connectivity index (χ1n) is 6.82. The molecule has 1 aliphatic rings. The molecule has 0 radical (unpaired) electrons. The summed E-state index contributed by atoms with van der Waals surface area (Å²) in [4.78, 5) is 4.96. The van der Waals surface area contributed by atoms with E-state index >= 15 is 0 Å². The van der Waals surface area contributed by atoms with Crippen molar-refractivity contribution in [2.75, 3.05) is 20.7 Å². The minimum Gasteiger partial charge on any atom is -0.390 e. The van der Waals surface area contributed by atoms with Gasteiger partial charge in [0.15, 0.2) is 0 Å². The fourth-order valence-corrected chi connectivity index (χ4v) is 2.75. The number of rotatable bonds is 6. The van der Waals surface area contributed by atoms with Crippen molar-refractivity contribution >= 4 is 0 Å². The van der Waals surface area contributed by atoms with E-state index < -0.39 is 12.2 Å². The van der Waals surface area contributed by atoms with Gasteiger partial charge in [-0.05, 0) is 37.5 Å². The van der Waals surface area contributed by atoms with E-state index in [1.807, 2.05) is 6.92 Å². The van der Waals surface area contributed by atoms with Gasteiger partial charge >= 0.3 is 0 Å². The van der Waals surface area contributed by atoms with Crippen LogP contribution in [0.4, 0.5) is 0 Å². The molecule has 0 heterocycles. The third-order valence-electron chi connectivity index (χ3n) is 4.25. The Morgan fingerprint density at radius 1 is 1.28 bits per heavy atom. The van der Waals surface area contributed by atoms with E-state index in [-0.39, 0.29) is 5.92 Å². The largest absolute Gasteiger partial charge is 0.390 e. The summed E-state index contributed by atoms with van der Waals surface area (Å²) in [6.45, 7) is 2.33. The summed E-state index contributed by atoms with van der Waals surface area (Å²) in [6, 6.07) is 0.315. The van der Waals surface area contributed by atoms with Gasteiger partial charge in [-0.25, -0.2) is 0 Å². The smallest absolute Gasteiger partial charge is 0.0951 e. The average Bonchev–Trinajstić information content (AvgIpc) is 2.37. The molecule has 0 bridgehead atoms. The number of hydrogen-bond donors (Lipinski definition) is 3. The predicted octanol–water partition coefficient (Wildman–Crippen LogP) is 0.355. The summed E-state index contributed by atoms with van der Waals surface area (Å²) >= 11 is 0. The van der Waals surface area contributed by atoms with Crippen LogP contribution in [0.2, 0.25) is 0 Å². The lowest BCUT2D eigenvalue weighted by atomic mass is 9.76. The van der Waals surface area contributed by atoms with Gasteiger partial charge in [-0.15, -0.1) is 0 Å². The first-order chi connectivity index (χ1) is 8.45. The van der Waals surface area contributed by atoms with Crippen LogP contribution in [0, 0.1) is 11.8 Å². The van der Waals surface area contributed by atoms with E-state index in [1.165, 1.54) is 5.06 Å². The summed E-state index contributed by atoms with van der Waals surface area (Å²) in [6.07, 6.45) is 2.66. The number of likely N-dealkylation sites (N-methyl/N-ethyl adjacent to an activating group) is 1. The van der Waals surface area contributed by atoms with Gasteiger partial charge in [0.2, 0.25) is 0 Å². The summed E-state index contributed by atoms with van der Waals surface area (Å²) in [5, 5.41) is 21.7. The molecule has 4 N–H and O–H groups in total. The Balaban J connectivity index is 2.42. The van der Waals surface area contributed by atoms with Gasteiger partial charge in [0.25, 0.3) is 0 Å². The predicted molar refractivity (Wildman–Crippen MR) is 70.8 cm³/mol. The molecule has 1 aliphatic carbocycles. The van der Waals surface area contributed by atoms with Crippen LogP contribution in [0.1, 0.15) is 32.6 Å². The van der Waals surface area contributed by atoms with Crippen molar-refractivity contribution in [2.45, 2.75) is 50.9 Å². The summed E-state index contributed by atoms with van der Waals surface area (Å²) in [5.74, 6) is 0.556. The Bertz CT molecular complexity index is 232. The standard InChI is InChI=1S/C13H28N2O3/c1-9(10-4-6-11(14)7-5-10)13(17)12(16)8-15(2)18-3/h9-13,16-17H,4-8,14H2,1-3H3/t9-,10?,11?,12-,13+/m0/s1. The molecule has 5 nitrogen and oxygen atoms in total. The lowest BCUT2D eigenvalue weighted by Gasteiger charge is -2.35. The lowest BCUT2D eigenvalue weighted by Crippen LogP contribution is -2.43. The molecule has 5 heteroatoms. The highest BCUT2D eigenvalue weighted by molar-refractivity contribution is 4.83. The summed E-state index contributed by atoms with van der Waals surface area (Å²) in [7, 11) is 3.28. The van der Waals surface area contributed by atoms with Gasteiger partial charge in [-0.2, -0.15) is 5.06 Å². The van der Waals surface area contributed by atoms with Gasteiger partial charge < -0.3 is 20.8 Å². The molecule has 0 unspecified atom stereocenters. The van der Waals surface area contributed by atoms with E-state index in [0.717, 1.165) is 25.7 Å². The van der Waals surface area contributed by atoms with Crippen LogP contribution in [-0.2, 0) is 4.84 Å². The zero-order valence-electron chi connectivity index (χ0n) is 11.7. The Hall–Kier alpha value is -0.200. The fourth-order valence-electron chi connectivity index (χ4n) is 2.75.